The van der Waals surface area contributed by atoms with Gasteiger partial charge in [-0.2, -0.15) is 0 Å². The molecule has 0 radical (unpaired) electrons. The Hall–Kier alpha value is -4.34. The van der Waals surface area contributed by atoms with Crippen LogP contribution >= 0.6 is 0 Å². The molecule has 0 fully saturated rings. The number of methoxy groups -OCH3 is 2. The number of amides is 3. The number of rotatable bonds is 12. The fourth-order valence-electron chi connectivity index (χ4n) is 4.30. The van der Waals surface area contributed by atoms with Crippen molar-refractivity contribution in [2.24, 2.45) is 0 Å². The van der Waals surface area contributed by atoms with Gasteiger partial charge in [0.1, 0.15) is 11.8 Å². The van der Waals surface area contributed by atoms with Crippen LogP contribution in [0.5, 0.6) is 11.5 Å². The van der Waals surface area contributed by atoms with Crippen LogP contribution in [0.4, 0.5) is 11.5 Å². The number of hydrogen-bond donors (Lipinski definition) is 2. The van der Waals surface area contributed by atoms with Crippen molar-refractivity contribution in [3.63, 3.8) is 0 Å². The Morgan fingerprint density at radius 3 is 2.32 bits per heavy atom. The van der Waals surface area contributed by atoms with E-state index in [-0.39, 0.29) is 18.7 Å². The van der Waals surface area contributed by atoms with Crippen molar-refractivity contribution in [1.29, 1.82) is 0 Å². The minimum atomic E-state index is -1.12. The van der Waals surface area contributed by atoms with Crippen molar-refractivity contribution in [3.8, 4) is 11.5 Å². The normalized spacial score (nSPS) is 11.9. The van der Waals surface area contributed by atoms with Gasteiger partial charge in [-0.1, -0.05) is 30.3 Å². The maximum absolute atomic E-state index is 14.1. The highest BCUT2D eigenvalue weighted by Crippen LogP contribution is 2.40. The van der Waals surface area contributed by atoms with Gasteiger partial charge in [0.25, 0.3) is 0 Å². The number of aromatic nitrogens is 1. The molecule has 1 heterocycles. The zero-order valence-corrected chi connectivity index (χ0v) is 25.1. The highest BCUT2D eigenvalue weighted by molar-refractivity contribution is 6.03. The van der Waals surface area contributed by atoms with Gasteiger partial charge in [-0.25, -0.2) is 0 Å². The molecule has 1 atom stereocenters. The summed E-state index contributed by atoms with van der Waals surface area (Å²) in [5, 5.41) is 9.51. The van der Waals surface area contributed by atoms with E-state index in [9.17, 15) is 14.4 Å². The van der Waals surface area contributed by atoms with Gasteiger partial charge < -0.3 is 24.6 Å². The van der Waals surface area contributed by atoms with Crippen molar-refractivity contribution in [2.45, 2.75) is 72.4 Å². The van der Waals surface area contributed by atoms with Gasteiger partial charge >= 0.3 is 0 Å². The van der Waals surface area contributed by atoms with Crippen LogP contribution < -0.4 is 25.0 Å². The number of aryl methyl sites for hydroxylation is 3. The van der Waals surface area contributed by atoms with Gasteiger partial charge in [0, 0.05) is 35.7 Å². The quantitative estimate of drug-likeness (QED) is 0.301. The minimum absolute atomic E-state index is 0.129. The average Bonchev–Trinajstić information content (AvgIpc) is 3.35. The molecule has 10 heteroatoms. The first kappa shape index (κ1) is 31.2. The first-order valence-electron chi connectivity index (χ1n) is 13.6. The van der Waals surface area contributed by atoms with Crippen molar-refractivity contribution < 1.29 is 28.4 Å². The Bertz CT molecular complexity index is 1400. The second kappa shape index (κ2) is 13.3. The molecule has 3 amide bonds. The molecule has 220 valence electrons. The van der Waals surface area contributed by atoms with E-state index in [1.54, 1.807) is 37.3 Å². The molecule has 0 aliphatic rings. The molecule has 0 spiro atoms. The Labute approximate surface area is 241 Å². The van der Waals surface area contributed by atoms with E-state index in [4.69, 9.17) is 14.0 Å². The van der Waals surface area contributed by atoms with Gasteiger partial charge in [0.2, 0.25) is 17.7 Å². The maximum atomic E-state index is 14.1. The van der Waals surface area contributed by atoms with Gasteiger partial charge in [-0.15, -0.1) is 0 Å². The van der Waals surface area contributed by atoms with Crippen LogP contribution in [0.15, 0.2) is 47.0 Å². The Balaban J connectivity index is 2.10. The topological polar surface area (TPSA) is 123 Å². The van der Waals surface area contributed by atoms with Crippen LogP contribution in [0.2, 0.25) is 0 Å². The number of anilines is 2. The molecule has 0 aliphatic carbocycles. The van der Waals surface area contributed by atoms with Crippen molar-refractivity contribution in [2.75, 3.05) is 24.4 Å². The average molecular weight is 565 g/mol. The van der Waals surface area contributed by atoms with Gasteiger partial charge in [0.15, 0.2) is 17.3 Å². The second-order valence-corrected chi connectivity index (χ2v) is 10.6. The number of nitrogens with zero attached hydrogens (tertiary/aromatic N) is 2. The zero-order chi connectivity index (χ0) is 30.3. The third-order valence-electron chi connectivity index (χ3n) is 7.08. The van der Waals surface area contributed by atoms with E-state index >= 15 is 0 Å². The predicted octanol–water partition coefficient (Wildman–Crippen LogP) is 5.42. The number of carbonyl (C=O) groups is 3. The van der Waals surface area contributed by atoms with E-state index < -0.39 is 29.3 Å². The van der Waals surface area contributed by atoms with E-state index in [2.05, 4.69) is 15.8 Å². The molecule has 1 aromatic heterocycles. The summed E-state index contributed by atoms with van der Waals surface area (Å²) in [6.07, 6.45) is 0.374. The van der Waals surface area contributed by atoms with Gasteiger partial charge in [0.05, 0.1) is 14.2 Å². The van der Waals surface area contributed by atoms with Crippen molar-refractivity contribution in [3.05, 3.63) is 64.9 Å². The third kappa shape index (κ3) is 7.65. The Morgan fingerprint density at radius 1 is 1.00 bits per heavy atom. The molecule has 2 N–H and O–H groups in total. The highest BCUT2D eigenvalue weighted by Gasteiger charge is 2.37. The summed E-state index contributed by atoms with van der Waals surface area (Å²) in [4.78, 5) is 42.3. The number of hydrogen-bond acceptors (Lipinski definition) is 7. The lowest BCUT2D eigenvalue weighted by molar-refractivity contribution is -0.128. The fraction of sp³-hybridized carbons (Fsp3) is 0.419. The van der Waals surface area contributed by atoms with E-state index in [1.807, 2.05) is 46.8 Å². The molecule has 3 rings (SSSR count). The maximum Gasteiger partial charge on any atom is 0.248 e. The summed E-state index contributed by atoms with van der Waals surface area (Å²) in [6, 6.07) is 11.3. The number of carbonyl (C=O) groups excluding carboxylic acids is 3. The summed E-state index contributed by atoms with van der Waals surface area (Å²) in [5.74, 6) is 0.368. The second-order valence-electron chi connectivity index (χ2n) is 10.6. The summed E-state index contributed by atoms with van der Waals surface area (Å²) < 4.78 is 16.2. The van der Waals surface area contributed by atoms with Crippen LogP contribution in [0.3, 0.4) is 0 Å². The van der Waals surface area contributed by atoms with Crippen LogP contribution in [-0.4, -0.2) is 42.6 Å². The fourth-order valence-corrected chi connectivity index (χ4v) is 4.30. The Morgan fingerprint density at radius 2 is 1.73 bits per heavy atom. The molecule has 0 unspecified atom stereocenters. The zero-order valence-electron chi connectivity index (χ0n) is 25.1. The summed E-state index contributed by atoms with van der Waals surface area (Å²) >= 11 is 0. The molecule has 0 saturated heterocycles. The molecule has 0 bridgehead atoms. The number of para-hydroxylation sites is 1. The molecule has 3 aromatic rings. The number of nitrogens with one attached hydrogen (secondary N) is 2. The van der Waals surface area contributed by atoms with Crippen molar-refractivity contribution in [1.82, 2.24) is 10.5 Å². The van der Waals surface area contributed by atoms with Crippen molar-refractivity contribution >= 4 is 29.2 Å². The monoisotopic (exact) mass is 564 g/mol. The first-order chi connectivity index (χ1) is 19.4. The van der Waals surface area contributed by atoms with Crippen LogP contribution in [0.25, 0.3) is 0 Å². The van der Waals surface area contributed by atoms with Crippen LogP contribution in [0.1, 0.15) is 68.5 Å². The minimum Gasteiger partial charge on any atom is -0.493 e. The molecule has 41 heavy (non-hydrogen) atoms. The van der Waals surface area contributed by atoms with Gasteiger partial charge in [-0.05, 0) is 70.4 Å². The summed E-state index contributed by atoms with van der Waals surface area (Å²) in [6.45, 7) is 11.4. The Kier molecular flexibility index (Phi) is 10.2. The smallest absolute Gasteiger partial charge is 0.248 e. The summed E-state index contributed by atoms with van der Waals surface area (Å²) in [5.41, 5.74) is 2.41. The lowest BCUT2D eigenvalue weighted by atomic mass is 9.96. The number of benzene rings is 2. The predicted molar refractivity (Wildman–Crippen MR) is 157 cm³/mol. The molecular formula is C31H40N4O6. The molecule has 0 saturated carbocycles. The SMILES string of the molecule is CCC(C)(C)NC(=O)[C@@H](c1cccc(OC)c1OC)N(C(=O)CCC(=O)Nc1cc(C)on1)c1ccc(C)c(C)c1. The highest BCUT2D eigenvalue weighted by atomic mass is 16.5. The number of ether oxygens (including phenoxy) is 2. The largest absolute Gasteiger partial charge is 0.493 e. The van der Waals surface area contributed by atoms with Gasteiger partial charge in [-0.3, -0.25) is 19.3 Å². The molecule has 2 aromatic carbocycles. The molecule has 10 nitrogen and oxygen atoms in total. The first-order valence-corrected chi connectivity index (χ1v) is 13.6. The van der Waals surface area contributed by atoms with E-state index in [1.165, 1.54) is 19.1 Å². The van der Waals surface area contributed by atoms with Crippen LogP contribution in [0, 0.1) is 20.8 Å². The standard InChI is InChI=1S/C31H40N4O6/c1-9-31(5,6)33-30(38)28(23-11-10-12-24(39-7)29(23)40-8)35(22-14-13-19(2)20(3)17-22)27(37)16-15-26(36)32-25-18-21(4)41-34-25/h10-14,17-18,28H,9,15-16H2,1-8H3,(H,33,38)(H,32,34,36)/t28-/m1/s1. The molecule has 0 aliphatic heterocycles. The van der Waals surface area contributed by atoms with E-state index in [0.717, 1.165) is 11.1 Å². The summed E-state index contributed by atoms with van der Waals surface area (Å²) in [7, 11) is 3.00. The lowest BCUT2D eigenvalue weighted by Gasteiger charge is -2.35. The third-order valence-corrected chi connectivity index (χ3v) is 7.08. The lowest BCUT2D eigenvalue weighted by Crippen LogP contribution is -2.50. The molecular weight excluding hydrogens is 524 g/mol. The van der Waals surface area contributed by atoms with E-state index in [0.29, 0.717) is 34.9 Å². The van der Waals surface area contributed by atoms with Crippen LogP contribution in [-0.2, 0) is 14.4 Å².